The molecule has 1 aromatic carbocycles. The van der Waals surface area contributed by atoms with Gasteiger partial charge in [-0.15, -0.1) is 0 Å². The Balaban J connectivity index is 1.31. The summed E-state index contributed by atoms with van der Waals surface area (Å²) in [6, 6.07) is 5.45. The van der Waals surface area contributed by atoms with Gasteiger partial charge in [0.1, 0.15) is 5.82 Å². The Bertz CT molecular complexity index is 625. The van der Waals surface area contributed by atoms with Gasteiger partial charge in [-0.05, 0) is 118 Å². The van der Waals surface area contributed by atoms with Gasteiger partial charge in [0.05, 0.1) is 11.1 Å². The molecule has 0 amide bonds. The molecule has 1 aromatic rings. The summed E-state index contributed by atoms with van der Waals surface area (Å²) in [5.74, 6) is 3.89. The summed E-state index contributed by atoms with van der Waals surface area (Å²) in [5.41, 5.74) is 1.16. The first-order valence-corrected chi connectivity index (χ1v) is 11.6. The fraction of sp³-hybridized carbons (Fsp3) is 0.750. The number of benzene rings is 1. The number of rotatable bonds is 4. The van der Waals surface area contributed by atoms with Crippen molar-refractivity contribution in [3.8, 4) is 0 Å². The van der Waals surface area contributed by atoms with Crippen LogP contribution in [-0.4, -0.2) is 12.7 Å². The van der Waals surface area contributed by atoms with Gasteiger partial charge in [0, 0.05) is 6.61 Å². The van der Waals surface area contributed by atoms with Gasteiger partial charge in [-0.3, -0.25) is 0 Å². The molecule has 0 N–H and O–H groups in total. The summed E-state index contributed by atoms with van der Waals surface area (Å²) < 4.78 is 19.7. The number of halogens is 2. The third kappa shape index (κ3) is 4.53. The maximum atomic E-state index is 13.9. The standard InChI is InChI=1S/C24H34ClFO/c1-2-27-22-10-7-16(8-11-22)17-3-4-19-14-20(6-5-18(19)13-17)21-9-12-23(25)24(26)15-21/h9,12,15-20,22H,2-8,10-11,13-14H2,1H3. The molecule has 0 aliphatic heterocycles. The number of ether oxygens (including phenoxy) is 1. The van der Waals surface area contributed by atoms with E-state index in [0.29, 0.717) is 12.0 Å². The first-order chi connectivity index (χ1) is 13.1. The zero-order valence-corrected chi connectivity index (χ0v) is 17.4. The fourth-order valence-electron chi connectivity index (χ4n) is 6.39. The molecule has 0 aromatic heterocycles. The topological polar surface area (TPSA) is 9.23 Å². The van der Waals surface area contributed by atoms with Crippen LogP contribution in [0, 0.1) is 29.5 Å². The molecule has 4 atom stereocenters. The van der Waals surface area contributed by atoms with Crippen LogP contribution in [0.3, 0.4) is 0 Å². The molecule has 3 heteroatoms. The van der Waals surface area contributed by atoms with Gasteiger partial charge >= 0.3 is 0 Å². The normalized spacial score (nSPS) is 37.0. The van der Waals surface area contributed by atoms with Gasteiger partial charge in [0.25, 0.3) is 0 Å². The minimum absolute atomic E-state index is 0.243. The Morgan fingerprint density at radius 1 is 0.889 bits per heavy atom. The number of hydrogen-bond donors (Lipinski definition) is 0. The second kappa shape index (κ2) is 8.82. The van der Waals surface area contributed by atoms with Crippen molar-refractivity contribution in [1.82, 2.24) is 0 Å². The Morgan fingerprint density at radius 3 is 2.22 bits per heavy atom. The van der Waals surface area contributed by atoms with E-state index in [1.807, 2.05) is 6.07 Å². The molecule has 27 heavy (non-hydrogen) atoms. The molecular weight excluding hydrogens is 359 g/mol. The van der Waals surface area contributed by atoms with Crippen LogP contribution in [0.4, 0.5) is 4.39 Å². The lowest BCUT2D eigenvalue weighted by molar-refractivity contribution is 0.00583. The van der Waals surface area contributed by atoms with Crippen molar-refractivity contribution >= 4 is 11.6 Å². The molecular formula is C24H34ClFO. The van der Waals surface area contributed by atoms with Crippen LogP contribution in [0.25, 0.3) is 0 Å². The van der Waals surface area contributed by atoms with E-state index in [4.69, 9.17) is 16.3 Å². The van der Waals surface area contributed by atoms with Gasteiger partial charge in [-0.1, -0.05) is 17.7 Å². The van der Waals surface area contributed by atoms with Crippen molar-refractivity contribution in [2.45, 2.75) is 83.2 Å². The molecule has 0 heterocycles. The molecule has 0 saturated heterocycles. The summed E-state index contributed by atoms with van der Waals surface area (Å²) >= 11 is 5.86. The summed E-state index contributed by atoms with van der Waals surface area (Å²) in [4.78, 5) is 0. The van der Waals surface area contributed by atoms with E-state index in [9.17, 15) is 4.39 Å². The van der Waals surface area contributed by atoms with Crippen LogP contribution >= 0.6 is 11.6 Å². The Morgan fingerprint density at radius 2 is 1.52 bits per heavy atom. The largest absolute Gasteiger partial charge is 0.379 e. The molecule has 0 radical (unpaired) electrons. The first kappa shape index (κ1) is 19.7. The highest BCUT2D eigenvalue weighted by atomic mass is 35.5. The first-order valence-electron chi connectivity index (χ1n) is 11.2. The predicted molar refractivity (Wildman–Crippen MR) is 110 cm³/mol. The highest BCUT2D eigenvalue weighted by Crippen LogP contribution is 2.50. The van der Waals surface area contributed by atoms with Gasteiger partial charge in [-0.2, -0.15) is 0 Å². The zero-order chi connectivity index (χ0) is 18.8. The average Bonchev–Trinajstić information content (AvgIpc) is 2.70. The monoisotopic (exact) mass is 392 g/mol. The van der Waals surface area contributed by atoms with E-state index in [1.165, 1.54) is 64.2 Å². The van der Waals surface area contributed by atoms with Crippen LogP contribution in [0.1, 0.15) is 82.6 Å². The molecule has 4 unspecified atom stereocenters. The predicted octanol–water partition coefficient (Wildman–Crippen LogP) is 7.37. The van der Waals surface area contributed by atoms with E-state index in [1.54, 1.807) is 12.1 Å². The minimum atomic E-state index is -0.261. The van der Waals surface area contributed by atoms with Gasteiger partial charge in [0.15, 0.2) is 0 Å². The molecule has 3 fully saturated rings. The number of hydrogen-bond acceptors (Lipinski definition) is 1. The van der Waals surface area contributed by atoms with Gasteiger partial charge < -0.3 is 4.74 Å². The molecule has 0 bridgehead atoms. The number of fused-ring (bicyclic) bond motifs is 1. The van der Waals surface area contributed by atoms with Crippen molar-refractivity contribution < 1.29 is 9.13 Å². The fourth-order valence-corrected chi connectivity index (χ4v) is 6.50. The van der Waals surface area contributed by atoms with E-state index in [-0.39, 0.29) is 10.8 Å². The highest BCUT2D eigenvalue weighted by molar-refractivity contribution is 6.30. The Labute approximate surface area is 169 Å². The van der Waals surface area contributed by atoms with E-state index >= 15 is 0 Å². The molecule has 150 valence electrons. The lowest BCUT2D eigenvalue weighted by atomic mass is 9.60. The molecule has 0 spiro atoms. The summed E-state index contributed by atoms with van der Waals surface area (Å²) in [6.45, 7) is 2.98. The van der Waals surface area contributed by atoms with Crippen LogP contribution in [0.5, 0.6) is 0 Å². The van der Waals surface area contributed by atoms with E-state index in [0.717, 1.165) is 35.8 Å². The summed E-state index contributed by atoms with van der Waals surface area (Å²) in [6.07, 6.45) is 13.8. The van der Waals surface area contributed by atoms with Crippen molar-refractivity contribution in [3.05, 3.63) is 34.6 Å². The molecule has 4 rings (SSSR count). The van der Waals surface area contributed by atoms with Crippen molar-refractivity contribution in [1.29, 1.82) is 0 Å². The molecule has 3 saturated carbocycles. The maximum Gasteiger partial charge on any atom is 0.142 e. The smallest absolute Gasteiger partial charge is 0.142 e. The Kier molecular flexibility index (Phi) is 6.44. The molecule has 1 nitrogen and oxygen atoms in total. The SMILES string of the molecule is CCOC1CCC(C2CCC3CC(c4ccc(Cl)c(F)c4)CCC3C2)CC1. The average molecular weight is 393 g/mol. The van der Waals surface area contributed by atoms with Crippen LogP contribution in [0.15, 0.2) is 18.2 Å². The van der Waals surface area contributed by atoms with Crippen molar-refractivity contribution in [2.75, 3.05) is 6.61 Å². The molecule has 3 aliphatic rings. The van der Waals surface area contributed by atoms with E-state index in [2.05, 4.69) is 6.92 Å². The van der Waals surface area contributed by atoms with Crippen LogP contribution < -0.4 is 0 Å². The quantitative estimate of drug-likeness (QED) is 0.519. The lowest BCUT2D eigenvalue weighted by Crippen LogP contribution is -2.35. The second-order valence-corrected chi connectivity index (χ2v) is 9.68. The van der Waals surface area contributed by atoms with Crippen LogP contribution in [-0.2, 0) is 4.74 Å². The van der Waals surface area contributed by atoms with Crippen LogP contribution in [0.2, 0.25) is 5.02 Å². The van der Waals surface area contributed by atoms with Gasteiger partial charge in [0.2, 0.25) is 0 Å². The van der Waals surface area contributed by atoms with Crippen molar-refractivity contribution in [2.24, 2.45) is 23.7 Å². The third-order valence-electron chi connectivity index (χ3n) is 7.86. The van der Waals surface area contributed by atoms with Crippen molar-refractivity contribution in [3.63, 3.8) is 0 Å². The summed E-state index contributed by atoms with van der Waals surface area (Å²) in [5, 5.41) is 0.243. The Hall–Kier alpha value is -0.600. The third-order valence-corrected chi connectivity index (χ3v) is 8.16. The summed E-state index contributed by atoms with van der Waals surface area (Å²) in [7, 11) is 0. The lowest BCUT2D eigenvalue weighted by Gasteiger charge is -2.45. The zero-order valence-electron chi connectivity index (χ0n) is 16.6. The highest BCUT2D eigenvalue weighted by Gasteiger charge is 2.39. The maximum absolute atomic E-state index is 13.9. The minimum Gasteiger partial charge on any atom is -0.379 e. The van der Waals surface area contributed by atoms with E-state index < -0.39 is 0 Å². The van der Waals surface area contributed by atoms with Gasteiger partial charge in [-0.25, -0.2) is 4.39 Å². The second-order valence-electron chi connectivity index (χ2n) is 9.27. The molecule has 3 aliphatic carbocycles.